The molecule has 0 heterocycles. The molecule has 0 aromatic heterocycles. The Morgan fingerprint density at radius 3 is 2.76 bits per heavy atom. The smallest absolute Gasteiger partial charge is 0.254 e. The van der Waals surface area contributed by atoms with Gasteiger partial charge in [0.1, 0.15) is 0 Å². The largest absolute Gasteiger partial charge is 0.396 e. The third kappa shape index (κ3) is 3.68. The van der Waals surface area contributed by atoms with Gasteiger partial charge >= 0.3 is 0 Å². The van der Waals surface area contributed by atoms with E-state index in [0.29, 0.717) is 6.42 Å². The molecule has 0 aliphatic carbocycles. The van der Waals surface area contributed by atoms with Gasteiger partial charge in [-0.25, -0.2) is 4.39 Å². The lowest BCUT2D eigenvalue weighted by atomic mass is 10.0. The van der Waals surface area contributed by atoms with E-state index in [1.165, 1.54) is 18.2 Å². The van der Waals surface area contributed by atoms with E-state index in [0.717, 1.165) is 0 Å². The molecule has 0 unspecified atom stereocenters. The van der Waals surface area contributed by atoms with Crippen LogP contribution in [0.5, 0.6) is 0 Å². The highest BCUT2D eigenvalue weighted by Gasteiger charge is 2.22. The summed E-state index contributed by atoms with van der Waals surface area (Å²) in [6, 6.07) is 4.26. The van der Waals surface area contributed by atoms with Gasteiger partial charge in [0.15, 0.2) is 5.82 Å². The van der Waals surface area contributed by atoms with E-state index in [2.05, 4.69) is 5.32 Å². The number of rotatable bonds is 4. The zero-order chi connectivity index (χ0) is 13.1. The summed E-state index contributed by atoms with van der Waals surface area (Å²) in [5.41, 5.74) is -0.691. The third-order valence-corrected chi connectivity index (χ3v) is 2.68. The lowest BCUT2D eigenvalue weighted by Crippen LogP contribution is -2.44. The van der Waals surface area contributed by atoms with Crippen molar-refractivity contribution in [1.82, 2.24) is 5.32 Å². The average Bonchev–Trinajstić information content (AvgIpc) is 2.21. The second-order valence-electron chi connectivity index (χ2n) is 4.41. The zero-order valence-electron chi connectivity index (χ0n) is 9.76. The maximum Gasteiger partial charge on any atom is 0.254 e. The number of aliphatic hydroxyl groups excluding tert-OH is 1. The van der Waals surface area contributed by atoms with Gasteiger partial charge in [0.25, 0.3) is 5.91 Å². The van der Waals surface area contributed by atoms with E-state index in [1.807, 2.05) is 0 Å². The fourth-order valence-corrected chi connectivity index (χ4v) is 1.57. The highest BCUT2D eigenvalue weighted by Crippen LogP contribution is 2.19. The topological polar surface area (TPSA) is 49.3 Å². The van der Waals surface area contributed by atoms with E-state index in [-0.39, 0.29) is 17.2 Å². The maximum atomic E-state index is 13.6. The first kappa shape index (κ1) is 13.9. The first-order valence-corrected chi connectivity index (χ1v) is 5.62. The lowest BCUT2D eigenvalue weighted by Gasteiger charge is -2.25. The van der Waals surface area contributed by atoms with Crippen LogP contribution in [0.1, 0.15) is 30.6 Å². The van der Waals surface area contributed by atoms with Gasteiger partial charge in [-0.3, -0.25) is 4.79 Å². The molecule has 0 aliphatic heterocycles. The molecule has 0 saturated heterocycles. The number of benzene rings is 1. The Bertz CT molecular complexity index is 421. The minimum absolute atomic E-state index is 0.0503. The quantitative estimate of drug-likeness (QED) is 0.872. The molecule has 0 spiro atoms. The monoisotopic (exact) mass is 259 g/mol. The molecule has 5 heteroatoms. The summed E-state index contributed by atoms with van der Waals surface area (Å²) in [4.78, 5) is 11.8. The van der Waals surface area contributed by atoms with E-state index >= 15 is 0 Å². The van der Waals surface area contributed by atoms with Crippen molar-refractivity contribution in [3.05, 3.63) is 34.6 Å². The van der Waals surface area contributed by atoms with Crippen molar-refractivity contribution in [1.29, 1.82) is 0 Å². The number of halogens is 2. The highest BCUT2D eigenvalue weighted by molar-refractivity contribution is 6.31. The molecular formula is C12H15ClFNO2. The van der Waals surface area contributed by atoms with Gasteiger partial charge in [-0.2, -0.15) is 0 Å². The first-order valence-electron chi connectivity index (χ1n) is 5.25. The SMILES string of the molecule is CC(C)(CCO)NC(=O)c1cccc(Cl)c1F. The molecule has 1 aromatic carbocycles. The Labute approximate surface area is 105 Å². The molecule has 94 valence electrons. The number of hydrogen-bond acceptors (Lipinski definition) is 2. The molecule has 0 saturated carbocycles. The molecule has 1 aromatic rings. The molecule has 3 nitrogen and oxygen atoms in total. The Kier molecular flexibility index (Phi) is 4.48. The minimum atomic E-state index is -0.730. The standard InChI is InChI=1S/C12H15ClFNO2/c1-12(2,6-7-16)15-11(17)8-4-3-5-9(13)10(8)14/h3-5,16H,6-7H2,1-2H3,(H,15,17). The molecule has 0 atom stereocenters. The van der Waals surface area contributed by atoms with Crippen LogP contribution in [0.2, 0.25) is 5.02 Å². The van der Waals surface area contributed by atoms with Gasteiger partial charge in [0.2, 0.25) is 0 Å². The number of aliphatic hydroxyl groups is 1. The predicted molar refractivity (Wildman–Crippen MR) is 64.7 cm³/mol. The van der Waals surface area contributed by atoms with Crippen LogP contribution in [0.3, 0.4) is 0 Å². The van der Waals surface area contributed by atoms with Crippen LogP contribution in [0.25, 0.3) is 0 Å². The van der Waals surface area contributed by atoms with Crippen molar-refractivity contribution in [3.8, 4) is 0 Å². The normalized spacial score (nSPS) is 11.4. The van der Waals surface area contributed by atoms with Crippen molar-refractivity contribution in [2.24, 2.45) is 0 Å². The number of carbonyl (C=O) groups excluding carboxylic acids is 1. The van der Waals surface area contributed by atoms with Crippen molar-refractivity contribution in [3.63, 3.8) is 0 Å². The van der Waals surface area contributed by atoms with Crippen LogP contribution >= 0.6 is 11.6 Å². The summed E-state index contributed by atoms with van der Waals surface area (Å²) in [6.07, 6.45) is 0.390. The van der Waals surface area contributed by atoms with Crippen LogP contribution in [0.15, 0.2) is 18.2 Å². The second-order valence-corrected chi connectivity index (χ2v) is 4.82. The van der Waals surface area contributed by atoms with Crippen LogP contribution in [0, 0.1) is 5.82 Å². The van der Waals surface area contributed by atoms with Crippen LogP contribution < -0.4 is 5.32 Å². The van der Waals surface area contributed by atoms with Gasteiger partial charge in [0, 0.05) is 12.1 Å². The molecule has 0 fully saturated rings. The average molecular weight is 260 g/mol. The van der Waals surface area contributed by atoms with E-state index in [1.54, 1.807) is 13.8 Å². The molecular weight excluding hydrogens is 245 g/mol. The summed E-state index contributed by atoms with van der Waals surface area (Å²) >= 11 is 5.60. The van der Waals surface area contributed by atoms with Gasteiger partial charge in [0.05, 0.1) is 10.6 Å². The van der Waals surface area contributed by atoms with Crippen molar-refractivity contribution >= 4 is 17.5 Å². The van der Waals surface area contributed by atoms with Gasteiger partial charge < -0.3 is 10.4 Å². The highest BCUT2D eigenvalue weighted by atomic mass is 35.5. The summed E-state index contributed by atoms with van der Waals surface area (Å²) in [5.74, 6) is -1.27. The van der Waals surface area contributed by atoms with E-state index in [4.69, 9.17) is 16.7 Å². The summed E-state index contributed by atoms with van der Waals surface area (Å²) in [6.45, 7) is 3.46. The van der Waals surface area contributed by atoms with Gasteiger partial charge in [-0.05, 0) is 32.4 Å². The second kappa shape index (κ2) is 5.47. The fourth-order valence-electron chi connectivity index (χ4n) is 1.40. The van der Waals surface area contributed by atoms with Crippen LogP contribution in [-0.2, 0) is 0 Å². The van der Waals surface area contributed by atoms with Crippen molar-refractivity contribution in [2.75, 3.05) is 6.61 Å². The molecule has 1 rings (SSSR count). The van der Waals surface area contributed by atoms with Gasteiger partial charge in [-0.1, -0.05) is 17.7 Å². The molecule has 17 heavy (non-hydrogen) atoms. The Morgan fingerprint density at radius 2 is 2.18 bits per heavy atom. The number of carbonyl (C=O) groups is 1. The maximum absolute atomic E-state index is 13.6. The number of nitrogens with one attached hydrogen (secondary N) is 1. The summed E-state index contributed by atoms with van der Waals surface area (Å²) in [5, 5.41) is 11.4. The molecule has 0 radical (unpaired) electrons. The van der Waals surface area contributed by atoms with Gasteiger partial charge in [-0.15, -0.1) is 0 Å². The van der Waals surface area contributed by atoms with E-state index < -0.39 is 17.3 Å². The lowest BCUT2D eigenvalue weighted by molar-refractivity contribution is 0.0895. The molecule has 2 N–H and O–H groups in total. The molecule has 1 amide bonds. The molecule has 0 bridgehead atoms. The fraction of sp³-hybridized carbons (Fsp3) is 0.417. The van der Waals surface area contributed by atoms with Crippen molar-refractivity contribution < 1.29 is 14.3 Å². The Balaban J connectivity index is 2.87. The predicted octanol–water partition coefficient (Wildman–Crippen LogP) is 2.37. The molecule has 0 aliphatic rings. The third-order valence-electron chi connectivity index (χ3n) is 2.38. The number of amides is 1. The van der Waals surface area contributed by atoms with Crippen LogP contribution in [0.4, 0.5) is 4.39 Å². The summed E-state index contributed by atoms with van der Waals surface area (Å²) in [7, 11) is 0. The van der Waals surface area contributed by atoms with E-state index in [9.17, 15) is 9.18 Å². The Hall–Kier alpha value is -1.13. The Morgan fingerprint density at radius 1 is 1.53 bits per heavy atom. The minimum Gasteiger partial charge on any atom is -0.396 e. The zero-order valence-corrected chi connectivity index (χ0v) is 10.5. The first-order chi connectivity index (χ1) is 7.87. The van der Waals surface area contributed by atoms with Crippen molar-refractivity contribution in [2.45, 2.75) is 25.8 Å². The number of hydrogen-bond donors (Lipinski definition) is 2. The van der Waals surface area contributed by atoms with Crippen LogP contribution in [-0.4, -0.2) is 23.2 Å². The summed E-state index contributed by atoms with van der Waals surface area (Å²) < 4.78 is 13.6.